The molecule has 0 saturated carbocycles. The predicted molar refractivity (Wildman–Crippen MR) is 58.6 cm³/mol. The molecular weight excluding hydrogens is 207 g/mol. The van der Waals surface area contributed by atoms with Crippen molar-refractivity contribution in [1.82, 2.24) is 0 Å². The molecule has 2 nitrogen and oxygen atoms in total. The maximum absolute atomic E-state index is 14.0. The Morgan fingerprint density at radius 1 is 1.44 bits per heavy atom. The molecule has 2 heterocycles. The lowest BCUT2D eigenvalue weighted by atomic mass is 9.88. The smallest absolute Gasteiger partial charge is 0.163 e. The van der Waals surface area contributed by atoms with E-state index in [2.05, 4.69) is 0 Å². The fraction of sp³-hybridized carbons (Fsp3) is 0.538. The highest BCUT2D eigenvalue weighted by molar-refractivity contribution is 5.42. The minimum absolute atomic E-state index is 0.160. The Bertz CT molecular complexity index is 418. The fourth-order valence-electron chi connectivity index (χ4n) is 2.53. The lowest BCUT2D eigenvalue weighted by molar-refractivity contribution is -0.0954. The first kappa shape index (κ1) is 10.1. The zero-order valence-electron chi connectivity index (χ0n) is 9.33. The molecule has 0 bridgehead atoms. The lowest BCUT2D eigenvalue weighted by Gasteiger charge is -2.35. The molecular formula is C13H15FO2. The van der Waals surface area contributed by atoms with Gasteiger partial charge in [-0.1, -0.05) is 12.1 Å². The number of halogens is 1. The molecule has 2 aliphatic rings. The number of alkyl halides is 1. The van der Waals surface area contributed by atoms with Crippen molar-refractivity contribution in [2.24, 2.45) is 0 Å². The van der Waals surface area contributed by atoms with Gasteiger partial charge in [-0.2, -0.15) is 0 Å². The normalized spacial score (nSPS) is 32.5. The van der Waals surface area contributed by atoms with Crippen molar-refractivity contribution in [3.8, 4) is 5.75 Å². The highest BCUT2D eigenvalue weighted by Crippen LogP contribution is 2.42. The van der Waals surface area contributed by atoms with Crippen molar-refractivity contribution in [2.45, 2.75) is 31.5 Å². The number of rotatable bonds is 0. The Morgan fingerprint density at radius 2 is 2.31 bits per heavy atom. The van der Waals surface area contributed by atoms with Gasteiger partial charge in [0, 0.05) is 12.8 Å². The number of aryl methyl sites for hydroxylation is 1. The van der Waals surface area contributed by atoms with Crippen LogP contribution in [0.4, 0.5) is 4.39 Å². The van der Waals surface area contributed by atoms with Gasteiger partial charge in [0.1, 0.15) is 11.4 Å². The molecule has 1 aromatic rings. The van der Waals surface area contributed by atoms with E-state index in [4.69, 9.17) is 9.47 Å². The summed E-state index contributed by atoms with van der Waals surface area (Å²) in [5.74, 6) is 0.851. The first-order valence-corrected chi connectivity index (χ1v) is 5.70. The Kier molecular flexibility index (Phi) is 2.18. The topological polar surface area (TPSA) is 18.5 Å². The van der Waals surface area contributed by atoms with Crippen LogP contribution in [0.2, 0.25) is 0 Å². The standard InChI is InChI=1S/C13H15FO2/c1-9-2-3-10-7-13(16-11(10)6-9)4-5-15-8-12(13)14/h2-3,6,12H,4-5,7-8H2,1H3. The van der Waals surface area contributed by atoms with E-state index in [0.717, 1.165) is 16.9 Å². The number of hydrogen-bond donors (Lipinski definition) is 0. The maximum atomic E-state index is 14.0. The van der Waals surface area contributed by atoms with Crippen molar-refractivity contribution in [2.75, 3.05) is 13.2 Å². The molecule has 1 fully saturated rings. The predicted octanol–water partition coefficient (Wildman–Crippen LogP) is 2.43. The zero-order valence-corrected chi connectivity index (χ0v) is 9.33. The van der Waals surface area contributed by atoms with Crippen molar-refractivity contribution < 1.29 is 13.9 Å². The van der Waals surface area contributed by atoms with Crippen LogP contribution in [-0.2, 0) is 11.2 Å². The Labute approximate surface area is 94.4 Å². The highest BCUT2D eigenvalue weighted by Gasteiger charge is 2.48. The largest absolute Gasteiger partial charge is 0.483 e. The third-order valence-electron chi connectivity index (χ3n) is 3.53. The molecule has 1 saturated heterocycles. The van der Waals surface area contributed by atoms with Gasteiger partial charge in [0.15, 0.2) is 6.17 Å². The Morgan fingerprint density at radius 3 is 3.12 bits per heavy atom. The van der Waals surface area contributed by atoms with Crippen LogP contribution in [0, 0.1) is 6.92 Å². The first-order chi connectivity index (χ1) is 7.70. The van der Waals surface area contributed by atoms with Gasteiger partial charge in [-0.25, -0.2) is 4.39 Å². The summed E-state index contributed by atoms with van der Waals surface area (Å²) in [6.07, 6.45) is 0.295. The lowest BCUT2D eigenvalue weighted by Crippen LogP contribution is -2.50. The molecule has 1 aromatic carbocycles. The molecule has 0 aliphatic carbocycles. The van der Waals surface area contributed by atoms with Gasteiger partial charge in [-0.15, -0.1) is 0 Å². The summed E-state index contributed by atoms with van der Waals surface area (Å²) >= 11 is 0. The minimum Gasteiger partial charge on any atom is -0.483 e. The van der Waals surface area contributed by atoms with E-state index < -0.39 is 11.8 Å². The molecule has 16 heavy (non-hydrogen) atoms. The SMILES string of the molecule is Cc1ccc2c(c1)OC1(CCOCC1F)C2. The summed E-state index contributed by atoms with van der Waals surface area (Å²) in [7, 11) is 0. The number of ether oxygens (including phenoxy) is 2. The van der Waals surface area contributed by atoms with Crippen LogP contribution in [0.3, 0.4) is 0 Å². The molecule has 1 spiro atoms. The zero-order chi connectivity index (χ0) is 11.2. The molecule has 86 valence electrons. The van der Waals surface area contributed by atoms with Crippen molar-refractivity contribution in [1.29, 1.82) is 0 Å². The highest BCUT2D eigenvalue weighted by atomic mass is 19.1. The molecule has 3 rings (SSSR count). The second-order valence-electron chi connectivity index (χ2n) is 4.75. The maximum Gasteiger partial charge on any atom is 0.163 e. The summed E-state index contributed by atoms with van der Waals surface area (Å²) in [5, 5.41) is 0. The second kappa shape index (κ2) is 3.45. The van der Waals surface area contributed by atoms with E-state index >= 15 is 0 Å². The average Bonchev–Trinajstić information content (AvgIpc) is 2.61. The molecule has 2 aliphatic heterocycles. The van der Waals surface area contributed by atoms with Gasteiger partial charge in [0.2, 0.25) is 0 Å². The van der Waals surface area contributed by atoms with Crippen molar-refractivity contribution in [3.05, 3.63) is 29.3 Å². The molecule has 3 heteroatoms. The van der Waals surface area contributed by atoms with Crippen LogP contribution in [-0.4, -0.2) is 25.0 Å². The van der Waals surface area contributed by atoms with Crippen LogP contribution >= 0.6 is 0 Å². The Balaban J connectivity index is 1.93. The molecule has 2 unspecified atom stereocenters. The average molecular weight is 222 g/mol. The third kappa shape index (κ3) is 1.42. The fourth-order valence-corrected chi connectivity index (χ4v) is 2.53. The number of hydrogen-bond acceptors (Lipinski definition) is 2. The van der Waals surface area contributed by atoms with Crippen molar-refractivity contribution >= 4 is 0 Å². The van der Waals surface area contributed by atoms with Crippen LogP contribution in [0.5, 0.6) is 5.75 Å². The molecule has 0 aromatic heterocycles. The quantitative estimate of drug-likeness (QED) is 0.671. The van der Waals surface area contributed by atoms with E-state index in [9.17, 15) is 4.39 Å². The van der Waals surface area contributed by atoms with Crippen LogP contribution < -0.4 is 4.74 Å². The first-order valence-electron chi connectivity index (χ1n) is 5.70. The summed E-state index contributed by atoms with van der Waals surface area (Å²) < 4.78 is 25.0. The van der Waals surface area contributed by atoms with E-state index in [1.54, 1.807) is 0 Å². The van der Waals surface area contributed by atoms with E-state index in [1.165, 1.54) is 0 Å². The summed E-state index contributed by atoms with van der Waals surface area (Å²) in [6.45, 7) is 2.77. The molecule has 0 radical (unpaired) electrons. The van der Waals surface area contributed by atoms with Crippen LogP contribution in [0.15, 0.2) is 18.2 Å². The van der Waals surface area contributed by atoms with E-state index in [0.29, 0.717) is 19.4 Å². The monoisotopic (exact) mass is 222 g/mol. The minimum atomic E-state index is -1.02. The van der Waals surface area contributed by atoms with Crippen LogP contribution in [0.1, 0.15) is 17.5 Å². The van der Waals surface area contributed by atoms with Gasteiger partial charge in [0.25, 0.3) is 0 Å². The summed E-state index contributed by atoms with van der Waals surface area (Å²) in [6, 6.07) is 6.08. The van der Waals surface area contributed by atoms with Gasteiger partial charge in [0.05, 0.1) is 13.2 Å². The number of fused-ring (bicyclic) bond motifs is 1. The molecule has 0 N–H and O–H groups in total. The third-order valence-corrected chi connectivity index (χ3v) is 3.53. The van der Waals surface area contributed by atoms with Gasteiger partial charge >= 0.3 is 0 Å². The van der Waals surface area contributed by atoms with Crippen molar-refractivity contribution in [3.63, 3.8) is 0 Å². The second-order valence-corrected chi connectivity index (χ2v) is 4.75. The Hall–Kier alpha value is -1.09. The van der Waals surface area contributed by atoms with E-state index in [1.807, 2.05) is 25.1 Å². The van der Waals surface area contributed by atoms with Crippen LogP contribution in [0.25, 0.3) is 0 Å². The van der Waals surface area contributed by atoms with Gasteiger partial charge in [-0.05, 0) is 24.1 Å². The van der Waals surface area contributed by atoms with Gasteiger partial charge < -0.3 is 9.47 Å². The van der Waals surface area contributed by atoms with E-state index in [-0.39, 0.29) is 6.61 Å². The molecule has 2 atom stereocenters. The number of benzene rings is 1. The van der Waals surface area contributed by atoms with Gasteiger partial charge in [-0.3, -0.25) is 0 Å². The molecule has 0 amide bonds. The summed E-state index contributed by atoms with van der Waals surface area (Å²) in [4.78, 5) is 0. The summed E-state index contributed by atoms with van der Waals surface area (Å²) in [5.41, 5.74) is 1.61.